The van der Waals surface area contributed by atoms with E-state index in [2.05, 4.69) is 4.90 Å². The van der Waals surface area contributed by atoms with Crippen molar-refractivity contribution in [1.82, 2.24) is 4.90 Å². The number of halogens is 3. The van der Waals surface area contributed by atoms with Crippen LogP contribution in [0.15, 0.2) is 12.1 Å². The van der Waals surface area contributed by atoms with Gasteiger partial charge >= 0.3 is 21.6 Å². The van der Waals surface area contributed by atoms with Gasteiger partial charge in [-0.1, -0.05) is 6.07 Å². The second-order valence-electron chi connectivity index (χ2n) is 10.4. The molecule has 0 aromatic heterocycles. The molecule has 6 rings (SSSR count). The first kappa shape index (κ1) is 23.5. The average Bonchev–Trinajstić information content (AvgIpc) is 3.49. The van der Waals surface area contributed by atoms with E-state index in [1.54, 1.807) is 12.1 Å². The molecule has 8 nitrogen and oxygen atoms in total. The van der Waals surface area contributed by atoms with Gasteiger partial charge in [0.2, 0.25) is 0 Å². The molecule has 5 aliphatic rings. The zero-order valence-corrected chi connectivity index (χ0v) is 19.8. The van der Waals surface area contributed by atoms with Gasteiger partial charge in [-0.25, -0.2) is 0 Å². The second-order valence-corrected chi connectivity index (χ2v) is 12.0. The van der Waals surface area contributed by atoms with Gasteiger partial charge in [-0.3, -0.25) is 13.9 Å². The Bertz CT molecular complexity index is 1200. The number of aliphatic hydroxyl groups is 1. The van der Waals surface area contributed by atoms with Gasteiger partial charge in [0, 0.05) is 25.1 Å². The lowest BCUT2D eigenvalue weighted by atomic mass is 9.48. The maximum Gasteiger partial charge on any atom is 0.523 e. The highest BCUT2D eigenvalue weighted by molar-refractivity contribution is 7.87. The lowest BCUT2D eigenvalue weighted by Gasteiger charge is -2.64. The number of esters is 1. The maximum absolute atomic E-state index is 13.2. The number of carbonyl (C=O) groups is 1. The van der Waals surface area contributed by atoms with E-state index in [9.17, 15) is 31.5 Å². The third-order valence-corrected chi connectivity index (χ3v) is 9.55. The maximum atomic E-state index is 13.2. The highest BCUT2D eigenvalue weighted by atomic mass is 32.2. The number of benzene rings is 1. The Kier molecular flexibility index (Phi) is 4.92. The summed E-state index contributed by atoms with van der Waals surface area (Å²) in [6.07, 6.45) is 0.428. The fraction of sp³-hybridized carbons (Fsp3) is 0.696. The average molecular weight is 518 g/mol. The number of hydrogen-bond donors (Lipinski definition) is 1. The van der Waals surface area contributed by atoms with Crippen molar-refractivity contribution < 1.29 is 45.1 Å². The topological polar surface area (TPSA) is 102 Å². The highest BCUT2D eigenvalue weighted by Gasteiger charge is 2.74. The van der Waals surface area contributed by atoms with Crippen molar-refractivity contribution in [3.63, 3.8) is 0 Å². The van der Waals surface area contributed by atoms with Crippen LogP contribution in [0.4, 0.5) is 13.2 Å². The molecule has 192 valence electrons. The minimum atomic E-state index is -5.89. The van der Waals surface area contributed by atoms with Crippen LogP contribution in [-0.2, 0) is 30.9 Å². The second kappa shape index (κ2) is 7.33. The summed E-state index contributed by atoms with van der Waals surface area (Å²) >= 11 is 0. The monoisotopic (exact) mass is 517 g/mol. The van der Waals surface area contributed by atoms with Crippen LogP contribution in [0.25, 0.3) is 0 Å². The summed E-state index contributed by atoms with van der Waals surface area (Å²) in [5.74, 6) is 0.241. The van der Waals surface area contributed by atoms with Crippen molar-refractivity contribution in [3.8, 4) is 11.5 Å². The van der Waals surface area contributed by atoms with E-state index in [4.69, 9.17) is 13.7 Å². The molecule has 1 saturated heterocycles. The van der Waals surface area contributed by atoms with Gasteiger partial charge < -0.3 is 14.6 Å². The number of hydrogen-bond acceptors (Lipinski definition) is 8. The van der Waals surface area contributed by atoms with E-state index in [0.29, 0.717) is 30.9 Å². The molecule has 2 unspecified atom stereocenters. The van der Waals surface area contributed by atoms with Crippen LogP contribution in [0.3, 0.4) is 0 Å². The summed E-state index contributed by atoms with van der Waals surface area (Å²) in [5.41, 5.74) is -6.67. The molecular formula is C23H26F3NO7S. The fourth-order valence-corrected chi connectivity index (χ4v) is 7.61. The van der Waals surface area contributed by atoms with E-state index in [1.165, 1.54) is 6.92 Å². The number of likely N-dealkylation sites (tertiary alicyclic amines) is 1. The van der Waals surface area contributed by atoms with E-state index in [0.717, 1.165) is 24.9 Å². The lowest BCUT2D eigenvalue weighted by Crippen LogP contribution is -2.77. The molecule has 1 N–H and O–H groups in total. The Morgan fingerprint density at radius 1 is 1.26 bits per heavy atom. The lowest BCUT2D eigenvalue weighted by molar-refractivity contribution is -0.205. The Balaban J connectivity index is 1.48. The predicted molar refractivity (Wildman–Crippen MR) is 114 cm³/mol. The zero-order chi connectivity index (χ0) is 25.0. The van der Waals surface area contributed by atoms with Crippen LogP contribution in [0.5, 0.6) is 11.5 Å². The molecule has 1 aromatic rings. The van der Waals surface area contributed by atoms with Crippen LogP contribution < -0.4 is 9.47 Å². The van der Waals surface area contributed by atoms with E-state index >= 15 is 0 Å². The Morgan fingerprint density at radius 2 is 2.00 bits per heavy atom. The van der Waals surface area contributed by atoms with Crippen LogP contribution in [0.1, 0.15) is 50.2 Å². The number of rotatable bonds is 5. The quantitative estimate of drug-likeness (QED) is 0.275. The van der Waals surface area contributed by atoms with Crippen LogP contribution in [0, 0.1) is 5.92 Å². The molecule has 5 atom stereocenters. The van der Waals surface area contributed by atoms with Gasteiger partial charge in [0.1, 0.15) is 12.2 Å². The molecule has 1 spiro atoms. The summed E-state index contributed by atoms with van der Waals surface area (Å²) in [4.78, 5) is 14.0. The van der Waals surface area contributed by atoms with E-state index < -0.39 is 44.8 Å². The third kappa shape index (κ3) is 3.22. The summed E-state index contributed by atoms with van der Waals surface area (Å²) in [7, 11) is -5.89. The third-order valence-electron chi connectivity index (χ3n) is 8.48. The van der Waals surface area contributed by atoms with Gasteiger partial charge in [-0.2, -0.15) is 21.6 Å². The van der Waals surface area contributed by atoms with Crippen molar-refractivity contribution in [3.05, 3.63) is 23.3 Å². The van der Waals surface area contributed by atoms with Crippen LogP contribution >= 0.6 is 0 Å². The molecule has 2 heterocycles. The summed E-state index contributed by atoms with van der Waals surface area (Å²) in [6.45, 7) is 2.64. The first-order chi connectivity index (χ1) is 16.4. The summed E-state index contributed by atoms with van der Waals surface area (Å²) < 4.78 is 79.7. The molecule has 1 aromatic carbocycles. The van der Waals surface area contributed by atoms with Gasteiger partial charge in [0.25, 0.3) is 0 Å². The van der Waals surface area contributed by atoms with Crippen molar-refractivity contribution >= 4 is 16.1 Å². The highest BCUT2D eigenvalue weighted by Crippen LogP contribution is 2.66. The Hall–Kier alpha value is -1.89. The van der Waals surface area contributed by atoms with E-state index in [-0.39, 0.29) is 30.4 Å². The van der Waals surface area contributed by atoms with Gasteiger partial charge in [0.05, 0.1) is 11.0 Å². The van der Waals surface area contributed by atoms with Gasteiger partial charge in [0.15, 0.2) is 11.5 Å². The van der Waals surface area contributed by atoms with Crippen LogP contribution in [-0.4, -0.2) is 66.8 Å². The van der Waals surface area contributed by atoms with Crippen molar-refractivity contribution in [2.24, 2.45) is 5.92 Å². The van der Waals surface area contributed by atoms with E-state index in [1.807, 2.05) is 0 Å². The normalized spacial score (nSPS) is 35.9. The Morgan fingerprint density at radius 3 is 2.66 bits per heavy atom. The fourth-order valence-electron chi connectivity index (χ4n) is 6.98. The number of carbonyl (C=O) groups excluding carboxylic acids is 1. The predicted octanol–water partition coefficient (Wildman–Crippen LogP) is 2.41. The van der Waals surface area contributed by atoms with Crippen molar-refractivity contribution in [2.45, 2.75) is 80.2 Å². The number of ether oxygens (including phenoxy) is 2. The standard InChI is InChI=1S/C23H26F3NO7S/c1-12(28)32-15-5-4-14-10-17-22(29)7-6-16(34-35(30,31)23(24,25)26)20-21(22,18(14)19(15)33-20)8-9-27(17)11-13-2-3-13/h4-5,13,16-17,20,29H,2-3,6-11H2,1H3/t16?,17-,20?,21+,22-/m1/s1. The minimum Gasteiger partial charge on any atom is -0.482 e. The molecule has 12 heteroatoms. The molecule has 3 fully saturated rings. The van der Waals surface area contributed by atoms with Crippen molar-refractivity contribution in [2.75, 3.05) is 13.1 Å². The molecule has 35 heavy (non-hydrogen) atoms. The number of nitrogens with zero attached hydrogens (tertiary/aromatic N) is 1. The molecule has 0 amide bonds. The molecule has 3 aliphatic carbocycles. The first-order valence-electron chi connectivity index (χ1n) is 11.8. The summed E-state index contributed by atoms with van der Waals surface area (Å²) in [5, 5.41) is 12.3. The minimum absolute atomic E-state index is 0.0629. The van der Waals surface area contributed by atoms with Crippen molar-refractivity contribution in [1.29, 1.82) is 0 Å². The molecule has 2 aliphatic heterocycles. The first-order valence-corrected chi connectivity index (χ1v) is 13.3. The van der Waals surface area contributed by atoms with Gasteiger partial charge in [-0.15, -0.1) is 0 Å². The van der Waals surface area contributed by atoms with Gasteiger partial charge in [-0.05, 0) is 62.6 Å². The molecule has 2 saturated carbocycles. The SMILES string of the molecule is CC(=O)Oc1ccc2c3c1OC1C(OS(=O)(=O)C(F)(F)F)CC[C@@]4(O)[C@@H](C2)N(CC2CC2)CC[C@]314. The number of piperidine rings is 1. The van der Waals surface area contributed by atoms with Crippen LogP contribution in [0.2, 0.25) is 0 Å². The Labute approximate surface area is 200 Å². The zero-order valence-electron chi connectivity index (χ0n) is 19.0. The summed E-state index contributed by atoms with van der Waals surface area (Å²) in [6, 6.07) is 3.09. The molecular weight excluding hydrogens is 491 g/mol. The number of alkyl halides is 3. The molecule has 0 radical (unpaired) electrons. The molecule has 2 bridgehead atoms. The largest absolute Gasteiger partial charge is 0.523 e. The smallest absolute Gasteiger partial charge is 0.482 e.